The Morgan fingerprint density at radius 2 is 2.10 bits per heavy atom. The second-order valence-corrected chi connectivity index (χ2v) is 8.32. The van der Waals surface area contributed by atoms with Crippen LogP contribution in [0.3, 0.4) is 0 Å². The van der Waals surface area contributed by atoms with Crippen molar-refractivity contribution in [3.63, 3.8) is 0 Å². The highest BCUT2D eigenvalue weighted by Crippen LogP contribution is 2.50. The van der Waals surface area contributed by atoms with Crippen LogP contribution in [0.1, 0.15) is 34.5 Å². The number of amidine groups is 1. The summed E-state index contributed by atoms with van der Waals surface area (Å²) < 4.78 is 61.1. The van der Waals surface area contributed by atoms with Gasteiger partial charge in [0.1, 0.15) is 17.1 Å². The quantitative estimate of drug-likeness (QED) is 0.686. The summed E-state index contributed by atoms with van der Waals surface area (Å²) in [6, 6.07) is 5.82. The van der Waals surface area contributed by atoms with Crippen molar-refractivity contribution in [2.45, 2.75) is 24.1 Å². The Hall–Kier alpha value is -2.66. The van der Waals surface area contributed by atoms with Gasteiger partial charge in [-0.3, -0.25) is 9.78 Å². The van der Waals surface area contributed by atoms with Crippen molar-refractivity contribution in [3.8, 4) is 0 Å². The first-order chi connectivity index (χ1) is 14.7. The second kappa shape index (κ2) is 8.12. The van der Waals surface area contributed by atoms with E-state index in [9.17, 15) is 18.0 Å². The van der Waals surface area contributed by atoms with E-state index in [4.69, 9.17) is 10.5 Å². The topological polar surface area (TPSA) is 89.6 Å². The number of aliphatic imine (C=N–C) groups is 1. The number of rotatable bonds is 4. The average molecular weight is 454 g/mol. The number of nitrogens with one attached hydrogen (secondary N) is 1. The van der Waals surface area contributed by atoms with Gasteiger partial charge in [0.05, 0.1) is 6.61 Å². The van der Waals surface area contributed by atoms with Crippen LogP contribution in [0.15, 0.2) is 41.5 Å². The number of pyridine rings is 1. The summed E-state index contributed by atoms with van der Waals surface area (Å²) in [4.78, 5) is 20.5. The highest BCUT2D eigenvalue weighted by atomic mass is 32.2. The SMILES string of the molecule is NC1=N[C@@]2(c3cc(F)cc(NC(=O)c4ccc(C(F)F)cn4)c3)COCC[C@@]2(F)CS1. The van der Waals surface area contributed by atoms with Gasteiger partial charge in [0.25, 0.3) is 12.3 Å². The molecule has 2 atom stereocenters. The van der Waals surface area contributed by atoms with E-state index in [0.717, 1.165) is 42.2 Å². The van der Waals surface area contributed by atoms with Crippen LogP contribution in [-0.4, -0.2) is 40.7 Å². The molecule has 0 saturated carbocycles. The maximum absolute atomic E-state index is 15.9. The van der Waals surface area contributed by atoms with Gasteiger partial charge >= 0.3 is 0 Å². The van der Waals surface area contributed by atoms with Gasteiger partial charge in [-0.1, -0.05) is 11.8 Å². The van der Waals surface area contributed by atoms with Gasteiger partial charge in [0.15, 0.2) is 10.8 Å². The smallest absolute Gasteiger partial charge is 0.274 e. The van der Waals surface area contributed by atoms with E-state index >= 15 is 4.39 Å². The van der Waals surface area contributed by atoms with Crippen LogP contribution in [0.5, 0.6) is 0 Å². The molecule has 0 radical (unpaired) electrons. The molecule has 0 spiro atoms. The molecule has 0 bridgehead atoms. The van der Waals surface area contributed by atoms with Crippen molar-refractivity contribution in [2.75, 3.05) is 24.3 Å². The number of hydrogen-bond acceptors (Lipinski definition) is 6. The molecule has 3 heterocycles. The molecule has 31 heavy (non-hydrogen) atoms. The number of nitrogens with zero attached hydrogens (tertiary/aromatic N) is 2. The number of anilines is 1. The Labute approximate surface area is 179 Å². The monoisotopic (exact) mass is 454 g/mol. The average Bonchev–Trinajstić information content (AvgIpc) is 2.73. The molecule has 3 N–H and O–H groups in total. The number of carbonyl (C=O) groups excluding carboxylic acids is 1. The number of carbonyl (C=O) groups is 1. The normalized spacial score (nSPS) is 25.6. The van der Waals surface area contributed by atoms with Crippen molar-refractivity contribution in [1.82, 2.24) is 4.98 Å². The van der Waals surface area contributed by atoms with Gasteiger partial charge in [-0.25, -0.2) is 22.6 Å². The van der Waals surface area contributed by atoms with Gasteiger partial charge in [0, 0.05) is 36.2 Å². The van der Waals surface area contributed by atoms with E-state index in [1.807, 2.05) is 0 Å². The van der Waals surface area contributed by atoms with Gasteiger partial charge in [-0.05, 0) is 35.9 Å². The van der Waals surface area contributed by atoms with Crippen molar-refractivity contribution >= 4 is 28.5 Å². The fourth-order valence-corrected chi connectivity index (χ4v) is 4.67. The van der Waals surface area contributed by atoms with Crippen LogP contribution in [0, 0.1) is 5.82 Å². The molecule has 2 aliphatic rings. The van der Waals surface area contributed by atoms with Crippen LogP contribution in [-0.2, 0) is 10.3 Å². The standard InChI is InChI=1S/C20H18F4N4O2S/c21-13-5-12(20-9-30-4-3-19(20,24)10-31-18(25)28-20)6-14(7-13)27-17(29)15-2-1-11(8-26-15)16(22)23/h1-2,5-8,16H,3-4,9-10H2,(H2,25,28)(H,27,29)/t19-,20-/m1/s1. The van der Waals surface area contributed by atoms with Crippen molar-refractivity contribution in [2.24, 2.45) is 10.7 Å². The fraction of sp³-hybridized carbons (Fsp3) is 0.350. The minimum absolute atomic E-state index is 0.0361. The van der Waals surface area contributed by atoms with E-state index < -0.39 is 29.4 Å². The first kappa shape index (κ1) is 21.6. The molecule has 4 rings (SSSR count). The Bertz CT molecular complexity index is 1040. The van der Waals surface area contributed by atoms with E-state index in [0.29, 0.717) is 0 Å². The summed E-state index contributed by atoms with van der Waals surface area (Å²) in [6.07, 6.45) is -1.76. The molecule has 11 heteroatoms. The first-order valence-electron chi connectivity index (χ1n) is 9.34. The molecule has 1 saturated heterocycles. The number of fused-ring (bicyclic) bond motifs is 1. The lowest BCUT2D eigenvalue weighted by Gasteiger charge is -2.48. The van der Waals surface area contributed by atoms with Crippen LogP contribution in [0.25, 0.3) is 0 Å². The van der Waals surface area contributed by atoms with Gasteiger partial charge in [-0.2, -0.15) is 0 Å². The Kier molecular flexibility index (Phi) is 5.65. The number of alkyl halides is 3. The van der Waals surface area contributed by atoms with Crippen LogP contribution in [0.4, 0.5) is 23.2 Å². The molecule has 1 amide bonds. The molecule has 0 aliphatic carbocycles. The summed E-state index contributed by atoms with van der Waals surface area (Å²) in [7, 11) is 0. The zero-order chi connectivity index (χ0) is 22.2. The maximum Gasteiger partial charge on any atom is 0.274 e. The number of ether oxygens (including phenoxy) is 1. The predicted octanol–water partition coefficient (Wildman–Crippen LogP) is 3.80. The van der Waals surface area contributed by atoms with E-state index in [1.54, 1.807) is 0 Å². The van der Waals surface area contributed by atoms with Crippen molar-refractivity contribution in [3.05, 3.63) is 59.2 Å². The number of hydrogen-bond donors (Lipinski definition) is 2. The largest absolute Gasteiger partial charge is 0.379 e. The van der Waals surface area contributed by atoms with Crippen LogP contribution < -0.4 is 11.1 Å². The van der Waals surface area contributed by atoms with Crippen LogP contribution >= 0.6 is 11.8 Å². The van der Waals surface area contributed by atoms with E-state index in [2.05, 4.69) is 15.3 Å². The third kappa shape index (κ3) is 3.99. The Morgan fingerprint density at radius 3 is 2.81 bits per heavy atom. The molecule has 6 nitrogen and oxygen atoms in total. The zero-order valence-corrected chi connectivity index (χ0v) is 16.9. The molecular weight excluding hydrogens is 436 g/mol. The maximum atomic E-state index is 15.9. The zero-order valence-electron chi connectivity index (χ0n) is 16.1. The Balaban J connectivity index is 1.67. The lowest BCUT2D eigenvalue weighted by Crippen LogP contribution is -2.58. The third-order valence-electron chi connectivity index (χ3n) is 5.35. The molecule has 164 valence electrons. The summed E-state index contributed by atoms with van der Waals surface area (Å²) >= 11 is 1.09. The van der Waals surface area contributed by atoms with Gasteiger partial charge in [0.2, 0.25) is 0 Å². The summed E-state index contributed by atoms with van der Waals surface area (Å²) in [6.45, 7) is 0.0751. The first-order valence-corrected chi connectivity index (χ1v) is 10.3. The molecule has 1 aromatic carbocycles. The summed E-state index contributed by atoms with van der Waals surface area (Å²) in [5.74, 6) is -1.41. The van der Waals surface area contributed by atoms with E-state index in [-0.39, 0.29) is 53.1 Å². The van der Waals surface area contributed by atoms with Crippen LogP contribution in [0.2, 0.25) is 0 Å². The highest BCUT2D eigenvalue weighted by molar-refractivity contribution is 8.13. The number of nitrogens with two attached hydrogens (primary N) is 1. The molecule has 1 fully saturated rings. The Morgan fingerprint density at radius 1 is 1.29 bits per heavy atom. The fourth-order valence-electron chi connectivity index (χ4n) is 3.69. The number of thioether (sulfide) groups is 1. The second-order valence-electron chi connectivity index (χ2n) is 7.33. The number of aromatic nitrogens is 1. The van der Waals surface area contributed by atoms with E-state index in [1.165, 1.54) is 6.07 Å². The molecule has 0 unspecified atom stereocenters. The predicted molar refractivity (Wildman–Crippen MR) is 109 cm³/mol. The highest BCUT2D eigenvalue weighted by Gasteiger charge is 2.58. The molecular formula is C20H18F4N4O2S. The summed E-state index contributed by atoms with van der Waals surface area (Å²) in [5, 5.41) is 2.63. The van der Waals surface area contributed by atoms with Gasteiger partial charge < -0.3 is 15.8 Å². The van der Waals surface area contributed by atoms with Gasteiger partial charge in [-0.15, -0.1) is 0 Å². The lowest BCUT2D eigenvalue weighted by molar-refractivity contribution is -0.0693. The number of halogens is 4. The minimum Gasteiger partial charge on any atom is -0.379 e. The lowest BCUT2D eigenvalue weighted by atomic mass is 9.74. The summed E-state index contributed by atoms with van der Waals surface area (Å²) in [5.41, 5.74) is 2.26. The molecule has 1 aromatic heterocycles. The third-order valence-corrected chi connectivity index (χ3v) is 6.34. The van der Waals surface area contributed by atoms with Crippen molar-refractivity contribution < 1.29 is 27.1 Å². The number of benzene rings is 1. The molecule has 2 aromatic rings. The van der Waals surface area contributed by atoms with Crippen molar-refractivity contribution in [1.29, 1.82) is 0 Å². The minimum atomic E-state index is -2.71. The number of amides is 1. The molecule has 2 aliphatic heterocycles.